The van der Waals surface area contributed by atoms with E-state index in [0.29, 0.717) is 33.5 Å². The van der Waals surface area contributed by atoms with E-state index < -0.39 is 0 Å². The smallest absolute Gasteiger partial charge is 0.262 e. The van der Waals surface area contributed by atoms with Crippen LogP contribution in [-0.4, -0.2) is 25.9 Å². The zero-order valence-corrected chi connectivity index (χ0v) is 14.3. The van der Waals surface area contributed by atoms with Crippen LogP contribution in [0.4, 0.5) is 5.69 Å². The molecule has 6 heteroatoms. The highest BCUT2D eigenvalue weighted by atomic mass is 79.9. The van der Waals surface area contributed by atoms with Gasteiger partial charge in [-0.05, 0) is 47.1 Å². The minimum absolute atomic E-state index is 0.203. The Kier molecular flexibility index (Phi) is 5.76. The van der Waals surface area contributed by atoms with E-state index in [4.69, 9.17) is 9.47 Å². The summed E-state index contributed by atoms with van der Waals surface area (Å²) < 4.78 is 11.2. The number of hydrogen-bond donors (Lipinski definition) is 1. The van der Waals surface area contributed by atoms with E-state index in [0.717, 1.165) is 5.56 Å². The molecule has 0 aliphatic carbocycles. The fourth-order valence-corrected chi connectivity index (χ4v) is 2.45. The van der Waals surface area contributed by atoms with Gasteiger partial charge < -0.3 is 14.8 Å². The standard InChI is InChI=1S/C17H16BrNO4/c1-11-3-6-13(7-4-11)19-15(21)10-23-17-14(22-2)8-5-12(9-20)16(17)18/h3-9H,10H2,1-2H3,(H,19,21). The Balaban J connectivity index is 2.06. The molecule has 0 spiro atoms. The van der Waals surface area contributed by atoms with Gasteiger partial charge in [-0.15, -0.1) is 0 Å². The number of carbonyl (C=O) groups excluding carboxylic acids is 2. The maximum absolute atomic E-state index is 12.0. The number of methoxy groups -OCH3 is 1. The van der Waals surface area contributed by atoms with Crippen LogP contribution in [0.15, 0.2) is 40.9 Å². The molecule has 1 amide bonds. The normalized spacial score (nSPS) is 10.0. The summed E-state index contributed by atoms with van der Waals surface area (Å²) in [4.78, 5) is 23.0. The van der Waals surface area contributed by atoms with Crippen LogP contribution in [0.25, 0.3) is 0 Å². The lowest BCUT2D eigenvalue weighted by Gasteiger charge is -2.13. The first-order valence-corrected chi connectivity index (χ1v) is 7.65. The van der Waals surface area contributed by atoms with Gasteiger partial charge in [0.2, 0.25) is 0 Å². The van der Waals surface area contributed by atoms with Crippen molar-refractivity contribution < 1.29 is 19.1 Å². The minimum atomic E-state index is -0.306. The fourth-order valence-electron chi connectivity index (χ4n) is 1.91. The molecule has 0 atom stereocenters. The molecule has 23 heavy (non-hydrogen) atoms. The van der Waals surface area contributed by atoms with Crippen LogP contribution in [0.2, 0.25) is 0 Å². The highest BCUT2D eigenvalue weighted by molar-refractivity contribution is 9.10. The van der Waals surface area contributed by atoms with Gasteiger partial charge in [0.15, 0.2) is 24.4 Å². The minimum Gasteiger partial charge on any atom is -0.493 e. The monoisotopic (exact) mass is 377 g/mol. The number of carbonyl (C=O) groups is 2. The van der Waals surface area contributed by atoms with Crippen LogP contribution in [0, 0.1) is 6.92 Å². The van der Waals surface area contributed by atoms with Gasteiger partial charge in [-0.25, -0.2) is 0 Å². The van der Waals surface area contributed by atoms with Gasteiger partial charge in [-0.2, -0.15) is 0 Å². The molecule has 2 rings (SSSR count). The summed E-state index contributed by atoms with van der Waals surface area (Å²) in [6.07, 6.45) is 0.697. The molecule has 0 aliphatic rings. The van der Waals surface area contributed by atoms with Crippen LogP contribution in [-0.2, 0) is 4.79 Å². The van der Waals surface area contributed by atoms with Crippen LogP contribution in [0.3, 0.4) is 0 Å². The Hall–Kier alpha value is -2.34. The summed E-state index contributed by atoms with van der Waals surface area (Å²) in [6, 6.07) is 10.7. The summed E-state index contributed by atoms with van der Waals surface area (Å²) in [7, 11) is 1.49. The summed E-state index contributed by atoms with van der Waals surface area (Å²) in [5, 5.41) is 2.74. The zero-order chi connectivity index (χ0) is 16.8. The number of ether oxygens (including phenoxy) is 2. The average Bonchev–Trinajstić information content (AvgIpc) is 2.55. The van der Waals surface area contributed by atoms with Crippen LogP contribution in [0.1, 0.15) is 15.9 Å². The first-order valence-electron chi connectivity index (χ1n) is 6.86. The number of hydrogen-bond acceptors (Lipinski definition) is 4. The lowest BCUT2D eigenvalue weighted by molar-refractivity contribution is -0.118. The summed E-state index contributed by atoms with van der Waals surface area (Å²) >= 11 is 3.29. The molecule has 5 nitrogen and oxygen atoms in total. The average molecular weight is 378 g/mol. The van der Waals surface area contributed by atoms with E-state index in [1.54, 1.807) is 12.1 Å². The first-order chi connectivity index (χ1) is 11.0. The van der Waals surface area contributed by atoms with Gasteiger partial charge in [0.1, 0.15) is 0 Å². The molecule has 0 aromatic heterocycles. The summed E-state index contributed by atoms with van der Waals surface area (Å²) in [5.41, 5.74) is 2.22. The molecule has 2 aromatic rings. The molecule has 0 aliphatic heterocycles. The Morgan fingerprint density at radius 2 is 1.91 bits per heavy atom. The molecule has 2 aromatic carbocycles. The van der Waals surface area contributed by atoms with Crippen molar-refractivity contribution in [2.75, 3.05) is 19.0 Å². The van der Waals surface area contributed by atoms with Crippen molar-refractivity contribution >= 4 is 33.8 Å². The third kappa shape index (κ3) is 4.32. The molecule has 1 N–H and O–H groups in total. The summed E-state index contributed by atoms with van der Waals surface area (Å²) in [6.45, 7) is 1.77. The molecule has 0 fully saturated rings. The predicted octanol–water partition coefficient (Wildman–Crippen LogP) is 3.60. The van der Waals surface area contributed by atoms with Crippen LogP contribution < -0.4 is 14.8 Å². The lowest BCUT2D eigenvalue weighted by Crippen LogP contribution is -2.20. The van der Waals surface area contributed by atoms with Gasteiger partial charge in [0.25, 0.3) is 5.91 Å². The topological polar surface area (TPSA) is 64.6 Å². The quantitative estimate of drug-likeness (QED) is 0.781. The van der Waals surface area contributed by atoms with E-state index in [-0.39, 0.29) is 12.5 Å². The molecule has 0 saturated heterocycles. The number of nitrogens with one attached hydrogen (secondary N) is 1. The Labute approximate surface area is 142 Å². The van der Waals surface area contributed by atoms with Crippen molar-refractivity contribution in [2.24, 2.45) is 0 Å². The Morgan fingerprint density at radius 3 is 2.52 bits per heavy atom. The second-order valence-electron chi connectivity index (χ2n) is 4.82. The Bertz CT molecular complexity index is 713. The van der Waals surface area contributed by atoms with Crippen molar-refractivity contribution in [3.8, 4) is 11.5 Å². The molecular weight excluding hydrogens is 362 g/mol. The highest BCUT2D eigenvalue weighted by Crippen LogP contribution is 2.37. The number of aryl methyl sites for hydroxylation is 1. The van der Waals surface area contributed by atoms with Crippen LogP contribution in [0.5, 0.6) is 11.5 Å². The lowest BCUT2D eigenvalue weighted by atomic mass is 10.2. The second kappa shape index (κ2) is 7.78. The van der Waals surface area contributed by atoms with Crippen LogP contribution >= 0.6 is 15.9 Å². The van der Waals surface area contributed by atoms with Gasteiger partial charge in [-0.3, -0.25) is 9.59 Å². The third-order valence-electron chi connectivity index (χ3n) is 3.12. The van der Waals surface area contributed by atoms with E-state index in [2.05, 4.69) is 21.2 Å². The molecule has 0 unspecified atom stereocenters. The summed E-state index contributed by atoms with van der Waals surface area (Å²) in [5.74, 6) is 0.445. The van der Waals surface area contributed by atoms with E-state index >= 15 is 0 Å². The number of amides is 1. The number of benzene rings is 2. The third-order valence-corrected chi connectivity index (χ3v) is 3.94. The molecular formula is C17H16BrNO4. The van der Waals surface area contributed by atoms with Crippen molar-refractivity contribution in [2.45, 2.75) is 6.92 Å². The highest BCUT2D eigenvalue weighted by Gasteiger charge is 2.15. The van der Waals surface area contributed by atoms with Gasteiger partial charge >= 0.3 is 0 Å². The van der Waals surface area contributed by atoms with Crippen molar-refractivity contribution in [1.29, 1.82) is 0 Å². The molecule has 120 valence electrons. The number of anilines is 1. The molecule has 0 saturated carbocycles. The van der Waals surface area contributed by atoms with Gasteiger partial charge in [0.05, 0.1) is 11.6 Å². The molecule has 0 bridgehead atoms. The first kappa shape index (κ1) is 17.0. The van der Waals surface area contributed by atoms with E-state index in [9.17, 15) is 9.59 Å². The second-order valence-corrected chi connectivity index (χ2v) is 5.61. The van der Waals surface area contributed by atoms with Gasteiger partial charge in [0, 0.05) is 11.3 Å². The van der Waals surface area contributed by atoms with Crippen molar-refractivity contribution in [1.82, 2.24) is 0 Å². The molecule has 0 heterocycles. The number of aldehydes is 1. The van der Waals surface area contributed by atoms with E-state index in [1.807, 2.05) is 31.2 Å². The Morgan fingerprint density at radius 1 is 1.22 bits per heavy atom. The van der Waals surface area contributed by atoms with Gasteiger partial charge in [-0.1, -0.05) is 17.7 Å². The van der Waals surface area contributed by atoms with Crippen molar-refractivity contribution in [3.63, 3.8) is 0 Å². The largest absolute Gasteiger partial charge is 0.493 e. The predicted molar refractivity (Wildman–Crippen MR) is 91.4 cm³/mol. The van der Waals surface area contributed by atoms with E-state index in [1.165, 1.54) is 7.11 Å². The molecule has 0 radical (unpaired) electrons. The maximum atomic E-state index is 12.0. The number of halogens is 1. The van der Waals surface area contributed by atoms with Crippen molar-refractivity contribution in [3.05, 3.63) is 52.0 Å². The number of rotatable bonds is 6. The zero-order valence-electron chi connectivity index (χ0n) is 12.8. The fraction of sp³-hybridized carbons (Fsp3) is 0.176. The maximum Gasteiger partial charge on any atom is 0.262 e. The SMILES string of the molecule is COc1ccc(C=O)c(Br)c1OCC(=O)Nc1ccc(C)cc1.